The van der Waals surface area contributed by atoms with E-state index in [0.717, 1.165) is 6.26 Å². The monoisotopic (exact) mass is 314 g/mol. The predicted molar refractivity (Wildman–Crippen MR) is 50.5 cm³/mol. The summed E-state index contributed by atoms with van der Waals surface area (Å²) in [6.45, 7) is 0. The van der Waals surface area contributed by atoms with Gasteiger partial charge < -0.3 is 0 Å². The number of hydrogen-bond donors (Lipinski definition) is 0. The number of halogens is 2. The standard InChI is InChI=1S/C5H4Br2N2O2S/c1-12(10,11)5-8-3(6)2-4(7)9-5/h2H,1H3. The van der Waals surface area contributed by atoms with Crippen LogP contribution < -0.4 is 0 Å². The molecular weight excluding hydrogens is 312 g/mol. The van der Waals surface area contributed by atoms with Crippen LogP contribution >= 0.6 is 31.9 Å². The molecule has 66 valence electrons. The smallest absolute Gasteiger partial charge is 0.221 e. The third-order valence-corrected chi connectivity index (χ3v) is 2.63. The Labute approximate surface area is 86.6 Å². The van der Waals surface area contributed by atoms with Crippen molar-refractivity contribution in [3.05, 3.63) is 15.3 Å². The Bertz CT molecular complexity index is 384. The molecule has 0 N–H and O–H groups in total. The van der Waals surface area contributed by atoms with E-state index in [4.69, 9.17) is 0 Å². The van der Waals surface area contributed by atoms with Gasteiger partial charge in [0.15, 0.2) is 0 Å². The minimum absolute atomic E-state index is 0.191. The zero-order valence-electron chi connectivity index (χ0n) is 5.95. The van der Waals surface area contributed by atoms with Crippen molar-refractivity contribution in [3.63, 3.8) is 0 Å². The fraction of sp³-hybridized carbons (Fsp3) is 0.200. The molecule has 0 aliphatic heterocycles. The topological polar surface area (TPSA) is 59.9 Å². The third kappa shape index (κ3) is 2.49. The van der Waals surface area contributed by atoms with Gasteiger partial charge in [0.05, 0.1) is 0 Å². The molecule has 0 fully saturated rings. The van der Waals surface area contributed by atoms with Crippen molar-refractivity contribution >= 4 is 41.7 Å². The molecule has 0 atom stereocenters. The maximum absolute atomic E-state index is 11.0. The molecule has 0 aliphatic carbocycles. The van der Waals surface area contributed by atoms with E-state index in [1.165, 1.54) is 0 Å². The van der Waals surface area contributed by atoms with Gasteiger partial charge in [0, 0.05) is 12.3 Å². The van der Waals surface area contributed by atoms with Gasteiger partial charge in [0.25, 0.3) is 0 Å². The van der Waals surface area contributed by atoms with E-state index in [1.54, 1.807) is 6.07 Å². The second-order valence-corrected chi connectivity index (χ2v) is 5.60. The highest BCUT2D eigenvalue weighted by Crippen LogP contribution is 2.15. The van der Waals surface area contributed by atoms with E-state index in [0.29, 0.717) is 9.21 Å². The summed E-state index contributed by atoms with van der Waals surface area (Å²) in [6, 6.07) is 1.56. The Morgan fingerprint density at radius 2 is 1.67 bits per heavy atom. The molecule has 1 aromatic heterocycles. The van der Waals surface area contributed by atoms with Crippen LogP contribution in [0.2, 0.25) is 0 Å². The van der Waals surface area contributed by atoms with Crippen LogP contribution in [-0.4, -0.2) is 24.6 Å². The Morgan fingerprint density at radius 1 is 1.25 bits per heavy atom. The highest BCUT2D eigenvalue weighted by atomic mass is 79.9. The molecule has 0 unspecified atom stereocenters. The SMILES string of the molecule is CS(=O)(=O)c1nc(Br)cc(Br)n1. The summed E-state index contributed by atoms with van der Waals surface area (Å²) in [5, 5.41) is -0.191. The van der Waals surface area contributed by atoms with Crippen LogP contribution in [0, 0.1) is 0 Å². The van der Waals surface area contributed by atoms with Gasteiger partial charge in [-0.3, -0.25) is 0 Å². The van der Waals surface area contributed by atoms with Crippen LogP contribution in [0.4, 0.5) is 0 Å². The Hall–Kier alpha value is -0.0100. The number of aromatic nitrogens is 2. The fourth-order valence-corrected chi connectivity index (χ4v) is 2.38. The normalized spacial score (nSPS) is 11.6. The van der Waals surface area contributed by atoms with E-state index in [9.17, 15) is 8.42 Å². The highest BCUT2D eigenvalue weighted by molar-refractivity contribution is 9.11. The van der Waals surface area contributed by atoms with Gasteiger partial charge >= 0.3 is 0 Å². The molecule has 0 spiro atoms. The third-order valence-electron chi connectivity index (χ3n) is 0.975. The molecule has 0 saturated carbocycles. The second-order valence-electron chi connectivity index (χ2n) is 2.07. The first-order chi connectivity index (χ1) is 5.39. The zero-order chi connectivity index (χ0) is 9.35. The highest BCUT2D eigenvalue weighted by Gasteiger charge is 2.12. The van der Waals surface area contributed by atoms with E-state index in [1.807, 2.05) is 0 Å². The van der Waals surface area contributed by atoms with Gasteiger partial charge in [-0.15, -0.1) is 0 Å². The first-order valence-corrected chi connectivity index (χ1v) is 6.27. The predicted octanol–water partition coefficient (Wildman–Crippen LogP) is 1.41. The maximum atomic E-state index is 11.0. The largest absolute Gasteiger partial charge is 0.248 e. The molecular formula is C5H4Br2N2O2S. The van der Waals surface area contributed by atoms with Gasteiger partial charge in [-0.2, -0.15) is 0 Å². The fourth-order valence-electron chi connectivity index (χ4n) is 0.536. The number of hydrogen-bond acceptors (Lipinski definition) is 4. The first-order valence-electron chi connectivity index (χ1n) is 2.80. The molecule has 0 bridgehead atoms. The van der Waals surface area contributed by atoms with Gasteiger partial charge in [-0.25, -0.2) is 18.4 Å². The lowest BCUT2D eigenvalue weighted by molar-refractivity contribution is 0.592. The molecule has 1 rings (SSSR count). The average Bonchev–Trinajstić information content (AvgIpc) is 1.82. The minimum atomic E-state index is -3.33. The van der Waals surface area contributed by atoms with E-state index in [-0.39, 0.29) is 5.16 Å². The van der Waals surface area contributed by atoms with E-state index < -0.39 is 9.84 Å². The summed E-state index contributed by atoms with van der Waals surface area (Å²) in [4.78, 5) is 7.39. The molecule has 0 amide bonds. The molecule has 0 aromatic carbocycles. The van der Waals surface area contributed by atoms with Crippen LogP contribution in [-0.2, 0) is 9.84 Å². The summed E-state index contributed by atoms with van der Waals surface area (Å²) < 4.78 is 22.8. The Balaban J connectivity index is 3.37. The molecule has 1 aromatic rings. The first kappa shape index (κ1) is 10.1. The number of rotatable bonds is 1. The summed E-state index contributed by atoms with van der Waals surface area (Å²) in [7, 11) is -3.33. The second kappa shape index (κ2) is 3.39. The van der Waals surface area contributed by atoms with Gasteiger partial charge in [0.1, 0.15) is 9.21 Å². The van der Waals surface area contributed by atoms with Crippen molar-refractivity contribution in [2.24, 2.45) is 0 Å². The lowest BCUT2D eigenvalue weighted by Gasteiger charge is -1.97. The molecule has 0 saturated heterocycles. The van der Waals surface area contributed by atoms with Crippen molar-refractivity contribution in [2.75, 3.05) is 6.26 Å². The average molecular weight is 316 g/mol. The van der Waals surface area contributed by atoms with Crippen molar-refractivity contribution in [3.8, 4) is 0 Å². The maximum Gasteiger partial charge on any atom is 0.248 e. The quantitative estimate of drug-likeness (QED) is 0.580. The van der Waals surface area contributed by atoms with Crippen molar-refractivity contribution in [1.29, 1.82) is 0 Å². The van der Waals surface area contributed by atoms with Crippen molar-refractivity contribution in [1.82, 2.24) is 9.97 Å². The van der Waals surface area contributed by atoms with Gasteiger partial charge in [-0.1, -0.05) is 0 Å². The lowest BCUT2D eigenvalue weighted by Crippen LogP contribution is -2.04. The number of sulfone groups is 1. The molecule has 0 aliphatic rings. The van der Waals surface area contributed by atoms with E-state index in [2.05, 4.69) is 41.8 Å². The van der Waals surface area contributed by atoms with Gasteiger partial charge in [-0.05, 0) is 31.9 Å². The lowest BCUT2D eigenvalue weighted by atomic mass is 10.7. The molecule has 12 heavy (non-hydrogen) atoms. The minimum Gasteiger partial charge on any atom is -0.221 e. The van der Waals surface area contributed by atoms with Crippen molar-refractivity contribution in [2.45, 2.75) is 5.16 Å². The zero-order valence-corrected chi connectivity index (χ0v) is 9.94. The summed E-state index contributed by atoms with van der Waals surface area (Å²) in [6.07, 6.45) is 1.06. The van der Waals surface area contributed by atoms with E-state index >= 15 is 0 Å². The van der Waals surface area contributed by atoms with Crippen LogP contribution in [0.25, 0.3) is 0 Å². The molecule has 1 heterocycles. The van der Waals surface area contributed by atoms with Gasteiger partial charge in [0.2, 0.25) is 15.0 Å². The van der Waals surface area contributed by atoms with Crippen LogP contribution in [0.5, 0.6) is 0 Å². The van der Waals surface area contributed by atoms with Crippen LogP contribution in [0.15, 0.2) is 20.4 Å². The number of nitrogens with zero attached hydrogens (tertiary/aromatic N) is 2. The molecule has 4 nitrogen and oxygen atoms in total. The van der Waals surface area contributed by atoms with Crippen molar-refractivity contribution < 1.29 is 8.42 Å². The Kier molecular flexibility index (Phi) is 2.84. The summed E-state index contributed by atoms with van der Waals surface area (Å²) >= 11 is 6.12. The van der Waals surface area contributed by atoms with Crippen LogP contribution in [0.3, 0.4) is 0 Å². The summed E-state index contributed by atoms with van der Waals surface area (Å²) in [5.74, 6) is 0. The Morgan fingerprint density at radius 3 is 2.00 bits per heavy atom. The molecule has 0 radical (unpaired) electrons. The van der Waals surface area contributed by atoms with Crippen LogP contribution in [0.1, 0.15) is 0 Å². The molecule has 7 heteroatoms. The summed E-state index contributed by atoms with van der Waals surface area (Å²) in [5.41, 5.74) is 0.